The van der Waals surface area contributed by atoms with Gasteiger partial charge in [-0.25, -0.2) is 0 Å². The number of benzene rings is 2. The minimum Gasteiger partial charge on any atom is -0.504 e. The van der Waals surface area contributed by atoms with Crippen LogP contribution in [0.4, 0.5) is 0 Å². The molecule has 3 aromatic rings. The average molecular weight is 314 g/mol. The molecule has 0 bridgehead atoms. The van der Waals surface area contributed by atoms with Gasteiger partial charge in [-0.3, -0.25) is 4.79 Å². The fourth-order valence-electron chi connectivity index (χ4n) is 2.38. The molecule has 0 unspecified atom stereocenters. The van der Waals surface area contributed by atoms with Gasteiger partial charge in [-0.15, -0.1) is 0 Å². The third-order valence-electron chi connectivity index (χ3n) is 3.52. The Kier molecular flexibility index (Phi) is 3.57. The summed E-state index contributed by atoms with van der Waals surface area (Å²) in [6.45, 7) is 0. The first-order valence-electron chi connectivity index (χ1n) is 6.77. The first-order chi connectivity index (χ1) is 11.1. The Hall–Kier alpha value is -3.15. The molecule has 2 N–H and O–H groups in total. The Balaban J connectivity index is 2.29. The maximum atomic E-state index is 12.5. The van der Waals surface area contributed by atoms with Crippen molar-refractivity contribution in [3.05, 3.63) is 46.6 Å². The molecule has 1 aromatic heterocycles. The summed E-state index contributed by atoms with van der Waals surface area (Å²) < 4.78 is 15.8. The highest BCUT2D eigenvalue weighted by molar-refractivity contribution is 5.89. The normalized spacial score (nSPS) is 10.7. The number of fused-ring (bicyclic) bond motifs is 1. The van der Waals surface area contributed by atoms with Gasteiger partial charge in [-0.05, 0) is 36.4 Å². The first-order valence-corrected chi connectivity index (χ1v) is 6.77. The summed E-state index contributed by atoms with van der Waals surface area (Å²) in [5.74, 6) is -0.107. The predicted molar refractivity (Wildman–Crippen MR) is 84.4 cm³/mol. The molecule has 0 aliphatic rings. The molecule has 0 saturated carbocycles. The summed E-state index contributed by atoms with van der Waals surface area (Å²) in [6, 6.07) is 9.52. The number of hydrogen-bond donors (Lipinski definition) is 2. The Morgan fingerprint density at radius 3 is 2.26 bits per heavy atom. The number of methoxy groups -OCH3 is 2. The molecular formula is C17H14O6. The first kappa shape index (κ1) is 14.8. The molecule has 6 heteroatoms. The fraction of sp³-hybridized carbons (Fsp3) is 0.118. The SMILES string of the molecule is COc1ccc(-c2oc3ccc(O)c(OC)c3c(=O)c2O)cc1. The van der Waals surface area contributed by atoms with Crippen molar-refractivity contribution in [1.82, 2.24) is 0 Å². The van der Waals surface area contributed by atoms with E-state index in [-0.39, 0.29) is 28.2 Å². The molecule has 2 aromatic carbocycles. The van der Waals surface area contributed by atoms with E-state index >= 15 is 0 Å². The lowest BCUT2D eigenvalue weighted by atomic mass is 10.1. The van der Waals surface area contributed by atoms with Crippen LogP contribution in [0.2, 0.25) is 0 Å². The van der Waals surface area contributed by atoms with E-state index in [1.54, 1.807) is 31.4 Å². The van der Waals surface area contributed by atoms with E-state index < -0.39 is 11.2 Å². The van der Waals surface area contributed by atoms with E-state index in [0.717, 1.165) is 0 Å². The van der Waals surface area contributed by atoms with Crippen molar-refractivity contribution in [2.45, 2.75) is 0 Å². The van der Waals surface area contributed by atoms with Gasteiger partial charge in [0.05, 0.1) is 14.2 Å². The molecule has 0 spiro atoms. The van der Waals surface area contributed by atoms with Crippen molar-refractivity contribution in [2.75, 3.05) is 14.2 Å². The number of hydrogen-bond acceptors (Lipinski definition) is 6. The molecule has 0 atom stereocenters. The van der Waals surface area contributed by atoms with Crippen molar-refractivity contribution in [3.8, 4) is 34.3 Å². The molecule has 0 fully saturated rings. The Bertz CT molecular complexity index is 924. The van der Waals surface area contributed by atoms with Crippen LogP contribution < -0.4 is 14.9 Å². The second kappa shape index (κ2) is 5.57. The Labute approximate surface area is 131 Å². The van der Waals surface area contributed by atoms with Crippen LogP contribution in [0.1, 0.15) is 0 Å². The summed E-state index contributed by atoms with van der Waals surface area (Å²) in [5.41, 5.74) is 0.0485. The summed E-state index contributed by atoms with van der Waals surface area (Å²) in [5, 5.41) is 20.0. The monoisotopic (exact) mass is 314 g/mol. The molecule has 23 heavy (non-hydrogen) atoms. The van der Waals surface area contributed by atoms with E-state index in [0.29, 0.717) is 11.3 Å². The molecule has 0 aliphatic carbocycles. The smallest absolute Gasteiger partial charge is 0.238 e. The maximum absolute atomic E-state index is 12.5. The lowest BCUT2D eigenvalue weighted by Crippen LogP contribution is -2.04. The summed E-state index contributed by atoms with van der Waals surface area (Å²) in [7, 11) is 2.86. The van der Waals surface area contributed by atoms with Crippen molar-refractivity contribution < 1.29 is 24.1 Å². The minimum absolute atomic E-state index is 0.0118. The molecular weight excluding hydrogens is 300 g/mol. The lowest BCUT2D eigenvalue weighted by Gasteiger charge is -2.10. The molecule has 6 nitrogen and oxygen atoms in total. The van der Waals surface area contributed by atoms with Crippen molar-refractivity contribution in [1.29, 1.82) is 0 Å². The van der Waals surface area contributed by atoms with Gasteiger partial charge in [0.15, 0.2) is 17.3 Å². The summed E-state index contributed by atoms with van der Waals surface area (Å²) >= 11 is 0. The predicted octanol–water partition coefficient (Wildman–Crippen LogP) is 2.89. The van der Waals surface area contributed by atoms with Crippen LogP contribution in [0, 0.1) is 0 Å². The van der Waals surface area contributed by atoms with E-state index in [1.165, 1.54) is 19.2 Å². The molecule has 0 radical (unpaired) electrons. The van der Waals surface area contributed by atoms with Gasteiger partial charge in [0, 0.05) is 5.56 Å². The standard InChI is InChI=1S/C17H14O6/c1-21-10-5-3-9(4-6-10)16-15(20)14(19)13-12(23-16)8-7-11(18)17(13)22-2/h3-8,18,20H,1-2H3. The Morgan fingerprint density at radius 1 is 0.957 bits per heavy atom. The van der Waals surface area contributed by atoms with Gasteiger partial charge in [-0.1, -0.05) is 0 Å². The molecule has 1 heterocycles. The van der Waals surface area contributed by atoms with Crippen LogP contribution in [0.3, 0.4) is 0 Å². The molecule has 3 rings (SSSR count). The third-order valence-corrected chi connectivity index (χ3v) is 3.52. The topological polar surface area (TPSA) is 89.1 Å². The molecule has 0 amide bonds. The van der Waals surface area contributed by atoms with Gasteiger partial charge in [0.25, 0.3) is 0 Å². The number of ether oxygens (including phenoxy) is 2. The second-order valence-corrected chi connectivity index (χ2v) is 4.83. The number of rotatable bonds is 3. The quantitative estimate of drug-likeness (QED) is 0.772. The minimum atomic E-state index is -0.676. The number of phenols is 1. The zero-order valence-electron chi connectivity index (χ0n) is 12.5. The third kappa shape index (κ3) is 2.34. The van der Waals surface area contributed by atoms with E-state index in [9.17, 15) is 15.0 Å². The van der Waals surface area contributed by atoms with Crippen LogP contribution in [-0.2, 0) is 0 Å². The van der Waals surface area contributed by atoms with Crippen LogP contribution in [0.5, 0.6) is 23.0 Å². The van der Waals surface area contributed by atoms with Crippen LogP contribution in [-0.4, -0.2) is 24.4 Å². The van der Waals surface area contributed by atoms with Crippen LogP contribution >= 0.6 is 0 Å². The highest BCUT2D eigenvalue weighted by Crippen LogP contribution is 2.37. The number of aromatic hydroxyl groups is 2. The average Bonchev–Trinajstić information content (AvgIpc) is 2.58. The van der Waals surface area contributed by atoms with Gasteiger partial charge < -0.3 is 24.1 Å². The Morgan fingerprint density at radius 2 is 1.65 bits per heavy atom. The lowest BCUT2D eigenvalue weighted by molar-refractivity contribution is 0.376. The van der Waals surface area contributed by atoms with Crippen molar-refractivity contribution >= 4 is 11.0 Å². The largest absolute Gasteiger partial charge is 0.504 e. The molecule has 0 aliphatic heterocycles. The summed E-state index contributed by atoms with van der Waals surface area (Å²) in [6.07, 6.45) is 0. The van der Waals surface area contributed by atoms with Crippen LogP contribution in [0.25, 0.3) is 22.3 Å². The zero-order valence-corrected chi connectivity index (χ0v) is 12.5. The summed E-state index contributed by atoms with van der Waals surface area (Å²) in [4.78, 5) is 12.5. The van der Waals surface area contributed by atoms with Gasteiger partial charge >= 0.3 is 0 Å². The maximum Gasteiger partial charge on any atom is 0.238 e. The van der Waals surface area contributed by atoms with E-state index in [4.69, 9.17) is 13.9 Å². The number of phenolic OH excluding ortho intramolecular Hbond substituents is 1. The van der Waals surface area contributed by atoms with E-state index in [2.05, 4.69) is 0 Å². The molecule has 118 valence electrons. The molecule has 0 saturated heterocycles. The highest BCUT2D eigenvalue weighted by Gasteiger charge is 2.20. The van der Waals surface area contributed by atoms with E-state index in [1.807, 2.05) is 0 Å². The van der Waals surface area contributed by atoms with Crippen molar-refractivity contribution in [2.24, 2.45) is 0 Å². The second-order valence-electron chi connectivity index (χ2n) is 4.83. The zero-order chi connectivity index (χ0) is 16.6. The van der Waals surface area contributed by atoms with Gasteiger partial charge in [0.2, 0.25) is 11.2 Å². The van der Waals surface area contributed by atoms with Gasteiger partial charge in [-0.2, -0.15) is 0 Å². The fourth-order valence-corrected chi connectivity index (χ4v) is 2.38. The van der Waals surface area contributed by atoms with Crippen LogP contribution in [0.15, 0.2) is 45.6 Å². The highest BCUT2D eigenvalue weighted by atomic mass is 16.5. The van der Waals surface area contributed by atoms with Crippen molar-refractivity contribution in [3.63, 3.8) is 0 Å². The van der Waals surface area contributed by atoms with Gasteiger partial charge in [0.1, 0.15) is 16.7 Å².